The number of primary amides is 1. The maximum atomic E-state index is 11.4. The molecule has 4 nitrogen and oxygen atoms in total. The number of fused-ring (bicyclic) bond motifs is 3. The van der Waals surface area contributed by atoms with Gasteiger partial charge < -0.3 is 10.7 Å². The monoisotopic (exact) mass is 239 g/mol. The topological polar surface area (TPSA) is 71.8 Å². The number of H-pyrrole nitrogens is 1. The SMILES string of the molecule is CCc1c(C(N)=O)ncc2[nH]c3ccccc3c12. The third-order valence-corrected chi connectivity index (χ3v) is 3.23. The fraction of sp³-hybridized carbons (Fsp3) is 0.143. The molecule has 3 N–H and O–H groups in total. The van der Waals surface area contributed by atoms with E-state index in [0.29, 0.717) is 5.69 Å². The number of aromatic amines is 1. The Kier molecular flexibility index (Phi) is 2.30. The van der Waals surface area contributed by atoms with Crippen molar-refractivity contribution in [2.24, 2.45) is 5.73 Å². The van der Waals surface area contributed by atoms with Gasteiger partial charge in [0.1, 0.15) is 5.69 Å². The van der Waals surface area contributed by atoms with Gasteiger partial charge in [0.15, 0.2) is 0 Å². The van der Waals surface area contributed by atoms with Crippen molar-refractivity contribution in [1.29, 1.82) is 0 Å². The maximum absolute atomic E-state index is 11.4. The molecule has 0 aliphatic heterocycles. The Bertz CT molecular complexity index is 758. The summed E-state index contributed by atoms with van der Waals surface area (Å²) in [6.45, 7) is 2.00. The Labute approximate surface area is 104 Å². The minimum atomic E-state index is -0.473. The van der Waals surface area contributed by atoms with Gasteiger partial charge in [0.05, 0.1) is 11.7 Å². The zero-order valence-electron chi connectivity index (χ0n) is 10.0. The van der Waals surface area contributed by atoms with Crippen molar-refractivity contribution >= 4 is 27.7 Å². The molecule has 0 fully saturated rings. The van der Waals surface area contributed by atoms with Crippen molar-refractivity contribution in [3.05, 3.63) is 41.7 Å². The highest BCUT2D eigenvalue weighted by atomic mass is 16.1. The second-order valence-electron chi connectivity index (χ2n) is 4.26. The summed E-state index contributed by atoms with van der Waals surface area (Å²) in [5.74, 6) is -0.473. The Hall–Kier alpha value is -2.36. The smallest absolute Gasteiger partial charge is 0.267 e. The van der Waals surface area contributed by atoms with Gasteiger partial charge in [-0.3, -0.25) is 4.79 Å². The molecule has 1 amide bonds. The lowest BCUT2D eigenvalue weighted by molar-refractivity contribution is 0.0995. The number of amides is 1. The second-order valence-corrected chi connectivity index (χ2v) is 4.26. The second kappa shape index (κ2) is 3.84. The molecular formula is C14H13N3O. The summed E-state index contributed by atoms with van der Waals surface area (Å²) in [6.07, 6.45) is 2.40. The molecule has 2 heterocycles. The lowest BCUT2D eigenvalue weighted by Crippen LogP contribution is -2.15. The van der Waals surface area contributed by atoms with E-state index in [1.807, 2.05) is 31.2 Å². The lowest BCUT2D eigenvalue weighted by atomic mass is 10.0. The number of nitrogens with two attached hydrogens (primary N) is 1. The Morgan fingerprint density at radius 2 is 2.11 bits per heavy atom. The van der Waals surface area contributed by atoms with Crippen LogP contribution in [0, 0.1) is 0 Å². The standard InChI is InChI=1S/C14H13N3O/c1-2-8-12-9-5-3-4-6-10(9)17-11(12)7-16-13(8)14(15)18/h3-7,17H,2H2,1H3,(H2,15,18). The summed E-state index contributed by atoms with van der Waals surface area (Å²) in [5.41, 5.74) is 8.66. The number of carbonyl (C=O) groups excluding carboxylic acids is 1. The van der Waals surface area contributed by atoms with Gasteiger partial charge >= 0.3 is 0 Å². The summed E-state index contributed by atoms with van der Waals surface area (Å²) in [4.78, 5) is 18.9. The Balaban J connectivity index is 2.52. The van der Waals surface area contributed by atoms with Crippen LogP contribution in [0.2, 0.25) is 0 Å². The molecule has 0 saturated carbocycles. The average Bonchev–Trinajstić information content (AvgIpc) is 2.75. The van der Waals surface area contributed by atoms with Crippen molar-refractivity contribution in [3.8, 4) is 0 Å². The normalized spacial score (nSPS) is 11.2. The zero-order valence-corrected chi connectivity index (χ0v) is 10.0. The van der Waals surface area contributed by atoms with Crippen LogP contribution in [-0.2, 0) is 6.42 Å². The first kappa shape index (κ1) is 10.8. The maximum Gasteiger partial charge on any atom is 0.267 e. The Morgan fingerprint density at radius 1 is 1.33 bits per heavy atom. The molecule has 2 aromatic heterocycles. The summed E-state index contributed by atoms with van der Waals surface area (Å²) in [6, 6.07) is 8.02. The largest absolute Gasteiger partial charge is 0.364 e. The fourth-order valence-corrected chi connectivity index (χ4v) is 2.47. The van der Waals surface area contributed by atoms with E-state index in [1.165, 1.54) is 0 Å². The molecule has 0 aliphatic rings. The van der Waals surface area contributed by atoms with Crippen molar-refractivity contribution in [2.45, 2.75) is 13.3 Å². The molecule has 0 spiro atoms. The molecule has 0 aliphatic carbocycles. The molecule has 0 atom stereocenters. The number of para-hydroxylation sites is 1. The minimum absolute atomic E-state index is 0.370. The van der Waals surface area contributed by atoms with E-state index in [9.17, 15) is 4.79 Å². The van der Waals surface area contributed by atoms with E-state index in [0.717, 1.165) is 33.8 Å². The van der Waals surface area contributed by atoms with Gasteiger partial charge in [0.2, 0.25) is 0 Å². The lowest BCUT2D eigenvalue weighted by Gasteiger charge is -2.05. The van der Waals surface area contributed by atoms with Crippen LogP contribution in [0.15, 0.2) is 30.5 Å². The van der Waals surface area contributed by atoms with Crippen LogP contribution in [0.3, 0.4) is 0 Å². The van der Waals surface area contributed by atoms with E-state index >= 15 is 0 Å². The van der Waals surface area contributed by atoms with E-state index in [-0.39, 0.29) is 0 Å². The fourth-order valence-electron chi connectivity index (χ4n) is 2.47. The third-order valence-electron chi connectivity index (χ3n) is 3.23. The number of benzene rings is 1. The van der Waals surface area contributed by atoms with Crippen molar-refractivity contribution in [3.63, 3.8) is 0 Å². The summed E-state index contributed by atoms with van der Waals surface area (Å²) < 4.78 is 0. The van der Waals surface area contributed by atoms with Gasteiger partial charge in [0.25, 0.3) is 5.91 Å². The van der Waals surface area contributed by atoms with E-state index < -0.39 is 5.91 Å². The van der Waals surface area contributed by atoms with Crippen LogP contribution < -0.4 is 5.73 Å². The molecular weight excluding hydrogens is 226 g/mol. The first-order chi connectivity index (χ1) is 8.72. The molecule has 90 valence electrons. The third kappa shape index (κ3) is 1.39. The van der Waals surface area contributed by atoms with E-state index in [4.69, 9.17) is 5.73 Å². The molecule has 3 rings (SSSR count). The number of nitrogens with one attached hydrogen (secondary N) is 1. The van der Waals surface area contributed by atoms with E-state index in [1.54, 1.807) is 6.20 Å². The highest BCUT2D eigenvalue weighted by Gasteiger charge is 2.15. The Morgan fingerprint density at radius 3 is 2.83 bits per heavy atom. The predicted octanol–water partition coefficient (Wildman–Crippen LogP) is 2.38. The van der Waals surface area contributed by atoms with Gasteiger partial charge in [-0.05, 0) is 18.1 Å². The number of hydrogen-bond acceptors (Lipinski definition) is 2. The van der Waals surface area contributed by atoms with Gasteiger partial charge in [-0.25, -0.2) is 4.98 Å². The van der Waals surface area contributed by atoms with Crippen molar-refractivity contribution < 1.29 is 4.79 Å². The molecule has 1 aromatic carbocycles. The quantitative estimate of drug-likeness (QED) is 0.720. The first-order valence-electron chi connectivity index (χ1n) is 5.90. The summed E-state index contributed by atoms with van der Waals surface area (Å²) in [7, 11) is 0. The highest BCUT2D eigenvalue weighted by molar-refractivity contribution is 6.11. The summed E-state index contributed by atoms with van der Waals surface area (Å²) >= 11 is 0. The zero-order chi connectivity index (χ0) is 12.7. The summed E-state index contributed by atoms with van der Waals surface area (Å²) in [5, 5.41) is 2.16. The first-order valence-corrected chi connectivity index (χ1v) is 5.90. The van der Waals surface area contributed by atoms with E-state index in [2.05, 4.69) is 9.97 Å². The van der Waals surface area contributed by atoms with Gasteiger partial charge in [-0.1, -0.05) is 25.1 Å². The van der Waals surface area contributed by atoms with Crippen molar-refractivity contribution in [2.75, 3.05) is 0 Å². The molecule has 3 aromatic rings. The molecule has 0 bridgehead atoms. The average molecular weight is 239 g/mol. The minimum Gasteiger partial charge on any atom is -0.364 e. The molecule has 18 heavy (non-hydrogen) atoms. The number of rotatable bonds is 2. The number of aryl methyl sites for hydroxylation is 1. The number of aromatic nitrogens is 2. The van der Waals surface area contributed by atoms with Gasteiger partial charge in [-0.2, -0.15) is 0 Å². The number of pyridine rings is 1. The molecule has 0 radical (unpaired) electrons. The molecule has 4 heteroatoms. The highest BCUT2D eigenvalue weighted by Crippen LogP contribution is 2.29. The van der Waals surface area contributed by atoms with Crippen LogP contribution in [0.1, 0.15) is 23.0 Å². The predicted molar refractivity (Wildman–Crippen MR) is 71.5 cm³/mol. The molecule has 0 saturated heterocycles. The van der Waals surface area contributed by atoms with Crippen LogP contribution in [-0.4, -0.2) is 15.9 Å². The molecule has 0 unspecified atom stereocenters. The van der Waals surface area contributed by atoms with Crippen LogP contribution in [0.5, 0.6) is 0 Å². The number of nitrogens with zero attached hydrogens (tertiary/aromatic N) is 1. The van der Waals surface area contributed by atoms with Crippen molar-refractivity contribution in [1.82, 2.24) is 9.97 Å². The number of carbonyl (C=O) groups is 1. The van der Waals surface area contributed by atoms with Crippen LogP contribution in [0.25, 0.3) is 21.8 Å². The van der Waals surface area contributed by atoms with Crippen LogP contribution >= 0.6 is 0 Å². The van der Waals surface area contributed by atoms with Gasteiger partial charge in [-0.15, -0.1) is 0 Å². The van der Waals surface area contributed by atoms with Gasteiger partial charge in [0, 0.05) is 16.3 Å². The number of hydrogen-bond donors (Lipinski definition) is 2. The van der Waals surface area contributed by atoms with Crippen LogP contribution in [0.4, 0.5) is 0 Å².